The smallest absolute Gasteiger partial charge is 0.270 e. The van der Waals surface area contributed by atoms with Gasteiger partial charge in [0.15, 0.2) is 0 Å². The molecule has 0 spiro atoms. The number of amides is 1. The fraction of sp³-hybridized carbons (Fsp3) is 0.304. The molecule has 154 valence electrons. The van der Waals surface area contributed by atoms with Crippen molar-refractivity contribution in [1.29, 1.82) is 0 Å². The number of nitrogens with one attached hydrogen (secondary N) is 2. The van der Waals surface area contributed by atoms with Crippen LogP contribution in [-0.2, 0) is 0 Å². The number of hydrogen-bond donors (Lipinski definition) is 2. The van der Waals surface area contributed by atoms with Gasteiger partial charge < -0.3 is 24.3 Å². The molecule has 5 rings (SSSR count). The molecule has 1 saturated heterocycles. The number of benzene rings is 2. The van der Waals surface area contributed by atoms with Crippen LogP contribution in [0, 0.1) is 0 Å². The van der Waals surface area contributed by atoms with Crippen LogP contribution in [0.4, 0.5) is 0 Å². The van der Waals surface area contributed by atoms with Gasteiger partial charge in [-0.05, 0) is 43.2 Å². The Morgan fingerprint density at radius 1 is 1.03 bits per heavy atom. The summed E-state index contributed by atoms with van der Waals surface area (Å²) in [6, 6.07) is 13.6. The molecule has 0 aliphatic carbocycles. The Balaban J connectivity index is 1.34. The van der Waals surface area contributed by atoms with Gasteiger partial charge in [-0.2, -0.15) is 0 Å². The number of fused-ring (bicyclic) bond motifs is 2. The van der Waals surface area contributed by atoms with Crippen LogP contribution >= 0.6 is 0 Å². The van der Waals surface area contributed by atoms with Crippen molar-refractivity contribution in [3.63, 3.8) is 0 Å². The van der Waals surface area contributed by atoms with Crippen molar-refractivity contribution in [3.05, 3.63) is 54.0 Å². The molecule has 7 heteroatoms. The maximum Gasteiger partial charge on any atom is 0.270 e. The van der Waals surface area contributed by atoms with Crippen LogP contribution in [0.2, 0.25) is 0 Å². The number of H-pyrrole nitrogens is 2. The lowest BCUT2D eigenvalue weighted by atomic mass is 9.96. The van der Waals surface area contributed by atoms with E-state index in [1.807, 2.05) is 47.4 Å². The largest absolute Gasteiger partial charge is 0.496 e. The average molecular weight is 404 g/mol. The third kappa shape index (κ3) is 3.07. The third-order valence-corrected chi connectivity index (χ3v) is 5.96. The summed E-state index contributed by atoms with van der Waals surface area (Å²) in [6.07, 6.45) is 1.77. The van der Waals surface area contributed by atoms with Crippen LogP contribution in [-0.4, -0.2) is 53.1 Å². The third-order valence-electron chi connectivity index (χ3n) is 5.96. The topological polar surface area (TPSA) is 83.2 Å². The van der Waals surface area contributed by atoms with E-state index >= 15 is 0 Å². The highest BCUT2D eigenvalue weighted by molar-refractivity contribution is 6.01. The Hall–Kier alpha value is -3.48. The minimum absolute atomic E-state index is 0.00152. The van der Waals surface area contributed by atoms with E-state index in [0.29, 0.717) is 36.2 Å². The van der Waals surface area contributed by atoms with E-state index < -0.39 is 0 Å². The summed E-state index contributed by atoms with van der Waals surface area (Å²) >= 11 is 0. The highest BCUT2D eigenvalue weighted by Gasteiger charge is 2.27. The normalized spacial score (nSPS) is 15.1. The molecule has 2 aromatic heterocycles. The van der Waals surface area contributed by atoms with Crippen molar-refractivity contribution >= 4 is 27.8 Å². The number of carbonyl (C=O) groups is 1. The number of likely N-dealkylation sites (tertiary alicyclic amines) is 1. The highest BCUT2D eigenvalue weighted by Crippen LogP contribution is 2.34. The molecule has 1 aliphatic rings. The number of rotatable bonds is 4. The molecular weight excluding hydrogens is 380 g/mol. The molecule has 0 unspecified atom stereocenters. The molecule has 4 aromatic rings. The molecule has 0 bridgehead atoms. The summed E-state index contributed by atoms with van der Waals surface area (Å²) in [6.45, 7) is 1.40. The average Bonchev–Trinajstić information content (AvgIpc) is 3.43. The van der Waals surface area contributed by atoms with E-state index in [2.05, 4.69) is 9.97 Å². The molecule has 0 saturated carbocycles. The van der Waals surface area contributed by atoms with Gasteiger partial charge in [-0.25, -0.2) is 4.98 Å². The minimum atomic E-state index is -0.00152. The van der Waals surface area contributed by atoms with Crippen LogP contribution in [0.5, 0.6) is 11.5 Å². The van der Waals surface area contributed by atoms with E-state index in [9.17, 15) is 4.79 Å². The van der Waals surface area contributed by atoms with Crippen LogP contribution in [0.15, 0.2) is 42.5 Å². The standard InChI is InChI=1S/C23H24N4O3/c1-29-19-7-8-20(30-2)21-15(19)13-18(24-21)23(28)27-11-9-14(10-12-27)22-25-16-5-3-4-6-17(16)26-22/h3-8,13-14,24H,9-12H2,1-2H3,(H,25,26). The summed E-state index contributed by atoms with van der Waals surface area (Å²) in [4.78, 5) is 26.5. The van der Waals surface area contributed by atoms with Gasteiger partial charge in [-0.15, -0.1) is 0 Å². The second-order valence-corrected chi connectivity index (χ2v) is 7.65. The first-order valence-corrected chi connectivity index (χ1v) is 10.2. The predicted molar refractivity (Wildman–Crippen MR) is 115 cm³/mol. The maximum absolute atomic E-state index is 13.1. The summed E-state index contributed by atoms with van der Waals surface area (Å²) < 4.78 is 10.9. The SMILES string of the molecule is COc1ccc(OC)c2[nH]c(C(=O)N3CCC(c4nc5ccccc5[nH]4)CC3)cc12. The van der Waals surface area contributed by atoms with E-state index in [-0.39, 0.29) is 5.91 Å². The summed E-state index contributed by atoms with van der Waals surface area (Å²) in [5.41, 5.74) is 3.38. The number of nitrogens with zero attached hydrogens (tertiary/aromatic N) is 2. The van der Waals surface area contributed by atoms with E-state index in [1.54, 1.807) is 14.2 Å². The maximum atomic E-state index is 13.1. The predicted octanol–water partition coefficient (Wildman–Crippen LogP) is 4.08. The number of aromatic nitrogens is 3. The first kappa shape index (κ1) is 18.5. The Labute approximate surface area is 174 Å². The van der Waals surface area contributed by atoms with Gasteiger partial charge in [0.05, 0.1) is 30.8 Å². The van der Waals surface area contributed by atoms with Crippen LogP contribution in [0.25, 0.3) is 21.9 Å². The molecular formula is C23H24N4O3. The van der Waals surface area contributed by atoms with Crippen LogP contribution < -0.4 is 9.47 Å². The Morgan fingerprint density at radius 3 is 2.50 bits per heavy atom. The van der Waals surface area contributed by atoms with Crippen molar-refractivity contribution in [2.45, 2.75) is 18.8 Å². The van der Waals surface area contributed by atoms with E-state index in [4.69, 9.17) is 14.5 Å². The van der Waals surface area contributed by atoms with Crippen molar-refractivity contribution in [3.8, 4) is 11.5 Å². The number of piperidine rings is 1. The Kier molecular flexibility index (Phi) is 4.58. The lowest BCUT2D eigenvalue weighted by Gasteiger charge is -2.30. The monoisotopic (exact) mass is 404 g/mol. The number of para-hydroxylation sites is 2. The van der Waals surface area contributed by atoms with Crippen LogP contribution in [0.3, 0.4) is 0 Å². The van der Waals surface area contributed by atoms with Crippen LogP contribution in [0.1, 0.15) is 35.1 Å². The molecule has 2 N–H and O–H groups in total. The number of imidazole rings is 1. The van der Waals surface area contributed by atoms with E-state index in [0.717, 1.165) is 40.6 Å². The first-order chi connectivity index (χ1) is 14.7. The molecule has 1 aliphatic heterocycles. The van der Waals surface area contributed by atoms with Crippen molar-refractivity contribution in [2.75, 3.05) is 27.3 Å². The first-order valence-electron chi connectivity index (χ1n) is 10.2. The number of methoxy groups -OCH3 is 2. The van der Waals surface area contributed by atoms with Crippen molar-refractivity contribution in [1.82, 2.24) is 19.9 Å². The zero-order chi connectivity index (χ0) is 20.7. The fourth-order valence-corrected chi connectivity index (χ4v) is 4.32. The zero-order valence-corrected chi connectivity index (χ0v) is 17.1. The minimum Gasteiger partial charge on any atom is -0.496 e. The van der Waals surface area contributed by atoms with Gasteiger partial charge >= 0.3 is 0 Å². The van der Waals surface area contributed by atoms with E-state index in [1.165, 1.54) is 0 Å². The molecule has 30 heavy (non-hydrogen) atoms. The summed E-state index contributed by atoms with van der Waals surface area (Å²) in [5, 5.41) is 0.845. The highest BCUT2D eigenvalue weighted by atomic mass is 16.5. The Bertz CT molecular complexity index is 1140. The fourth-order valence-electron chi connectivity index (χ4n) is 4.32. The number of ether oxygens (including phenoxy) is 2. The molecule has 2 aromatic carbocycles. The van der Waals surface area contributed by atoms with Crippen molar-refractivity contribution in [2.24, 2.45) is 0 Å². The molecule has 1 amide bonds. The molecule has 7 nitrogen and oxygen atoms in total. The van der Waals surface area contributed by atoms with Gasteiger partial charge in [0, 0.05) is 24.4 Å². The second kappa shape index (κ2) is 7.40. The van der Waals surface area contributed by atoms with Gasteiger partial charge in [-0.3, -0.25) is 4.79 Å². The lowest BCUT2D eigenvalue weighted by Crippen LogP contribution is -2.38. The van der Waals surface area contributed by atoms with Gasteiger partial charge in [0.2, 0.25) is 0 Å². The molecule has 3 heterocycles. The summed E-state index contributed by atoms with van der Waals surface area (Å²) in [7, 11) is 3.24. The molecule has 0 atom stereocenters. The van der Waals surface area contributed by atoms with Gasteiger partial charge in [0.25, 0.3) is 5.91 Å². The van der Waals surface area contributed by atoms with Gasteiger partial charge in [0.1, 0.15) is 23.0 Å². The zero-order valence-electron chi connectivity index (χ0n) is 17.1. The summed E-state index contributed by atoms with van der Waals surface area (Å²) in [5.74, 6) is 2.75. The molecule has 1 fully saturated rings. The Morgan fingerprint density at radius 2 is 1.77 bits per heavy atom. The second-order valence-electron chi connectivity index (χ2n) is 7.65. The quantitative estimate of drug-likeness (QED) is 0.537. The van der Waals surface area contributed by atoms with Gasteiger partial charge in [-0.1, -0.05) is 12.1 Å². The number of aromatic amines is 2. The number of carbonyl (C=O) groups excluding carboxylic acids is 1. The molecule has 0 radical (unpaired) electrons. The number of hydrogen-bond acceptors (Lipinski definition) is 4. The lowest BCUT2D eigenvalue weighted by molar-refractivity contribution is 0.0706. The van der Waals surface area contributed by atoms with Crippen molar-refractivity contribution < 1.29 is 14.3 Å².